The molecule has 1 aliphatic heterocycles. The van der Waals surface area contributed by atoms with Crippen LogP contribution in [0.15, 0.2) is 53.7 Å². The van der Waals surface area contributed by atoms with E-state index in [0.717, 1.165) is 17.0 Å². The molecule has 0 saturated carbocycles. The van der Waals surface area contributed by atoms with Crippen LogP contribution in [0.4, 0.5) is 5.82 Å². The Hall–Kier alpha value is -2.41. The largest absolute Gasteiger partial charge is 0.355 e. The maximum atomic E-state index is 12.8. The van der Waals surface area contributed by atoms with Crippen LogP contribution >= 0.6 is 0 Å². The normalized spacial score (nSPS) is 16.4. The van der Waals surface area contributed by atoms with Gasteiger partial charge in [0.2, 0.25) is 0 Å². The lowest BCUT2D eigenvalue weighted by Gasteiger charge is -2.32. The third kappa shape index (κ3) is 2.89. The van der Waals surface area contributed by atoms with E-state index in [1.54, 1.807) is 30.5 Å². The number of aromatic nitrogens is 3. The number of anilines is 1. The second-order valence-corrected chi connectivity index (χ2v) is 8.64. The lowest BCUT2D eigenvalue weighted by Crippen LogP contribution is -2.39. The number of fused-ring (bicyclic) bond motifs is 1. The second kappa shape index (κ2) is 6.15. The minimum Gasteiger partial charge on any atom is -0.355 e. The monoisotopic (exact) mass is 356 g/mol. The van der Waals surface area contributed by atoms with E-state index in [1.807, 2.05) is 29.8 Å². The number of benzene rings is 1. The average molecular weight is 356 g/mol. The molecule has 7 heteroatoms. The van der Waals surface area contributed by atoms with Gasteiger partial charge in [-0.15, -0.1) is 0 Å². The van der Waals surface area contributed by atoms with E-state index < -0.39 is 9.84 Å². The molecule has 3 aromatic rings. The molecule has 0 N–H and O–H groups in total. The zero-order chi connectivity index (χ0) is 17.4. The molecular weight excluding hydrogens is 336 g/mol. The fourth-order valence-electron chi connectivity index (χ4n) is 3.45. The molecule has 6 nitrogen and oxygen atoms in total. The van der Waals surface area contributed by atoms with Crippen molar-refractivity contribution in [3.63, 3.8) is 0 Å². The minimum atomic E-state index is -3.27. The molecule has 3 heterocycles. The molecule has 0 amide bonds. The lowest BCUT2D eigenvalue weighted by molar-refractivity contribution is 0.528. The molecule has 1 fully saturated rings. The number of piperidine rings is 1. The number of aryl methyl sites for hydroxylation is 1. The van der Waals surface area contributed by atoms with Crippen LogP contribution in [0.25, 0.3) is 5.52 Å². The zero-order valence-electron chi connectivity index (χ0n) is 14.0. The Balaban J connectivity index is 1.55. The topological polar surface area (TPSA) is 67.6 Å². The zero-order valence-corrected chi connectivity index (χ0v) is 14.9. The van der Waals surface area contributed by atoms with Gasteiger partial charge in [0.05, 0.1) is 15.8 Å². The molecule has 0 radical (unpaired) electrons. The van der Waals surface area contributed by atoms with Gasteiger partial charge >= 0.3 is 0 Å². The van der Waals surface area contributed by atoms with Crippen LogP contribution in [0.3, 0.4) is 0 Å². The Bertz CT molecular complexity index is 990. The summed E-state index contributed by atoms with van der Waals surface area (Å²) in [5.74, 6) is 0.874. The predicted molar refractivity (Wildman–Crippen MR) is 96.6 cm³/mol. The Labute approximate surface area is 147 Å². The number of nitrogens with zero attached hydrogens (tertiary/aromatic N) is 4. The van der Waals surface area contributed by atoms with Crippen molar-refractivity contribution in [3.05, 3.63) is 54.5 Å². The lowest BCUT2D eigenvalue weighted by atomic mass is 10.1. The van der Waals surface area contributed by atoms with Crippen molar-refractivity contribution >= 4 is 21.2 Å². The van der Waals surface area contributed by atoms with Crippen LogP contribution in [0, 0.1) is 6.92 Å². The predicted octanol–water partition coefficient (Wildman–Crippen LogP) is 2.48. The molecule has 0 atom stereocenters. The summed E-state index contributed by atoms with van der Waals surface area (Å²) < 4.78 is 27.4. The van der Waals surface area contributed by atoms with Gasteiger partial charge in [-0.1, -0.05) is 18.2 Å². The number of hydrogen-bond donors (Lipinski definition) is 0. The van der Waals surface area contributed by atoms with Crippen LogP contribution in [-0.2, 0) is 9.84 Å². The molecule has 4 rings (SSSR count). The van der Waals surface area contributed by atoms with Crippen molar-refractivity contribution < 1.29 is 8.42 Å². The molecule has 1 aromatic carbocycles. The van der Waals surface area contributed by atoms with Crippen molar-refractivity contribution in [3.8, 4) is 0 Å². The van der Waals surface area contributed by atoms with Crippen LogP contribution in [0.1, 0.15) is 18.5 Å². The number of rotatable bonds is 3. The van der Waals surface area contributed by atoms with E-state index in [-0.39, 0.29) is 5.25 Å². The van der Waals surface area contributed by atoms with E-state index >= 15 is 0 Å². The van der Waals surface area contributed by atoms with Gasteiger partial charge in [0.1, 0.15) is 5.52 Å². The summed E-state index contributed by atoms with van der Waals surface area (Å²) in [7, 11) is -3.27. The Morgan fingerprint density at radius 2 is 1.84 bits per heavy atom. The van der Waals surface area contributed by atoms with Gasteiger partial charge in [-0.25, -0.2) is 17.9 Å². The third-order valence-corrected chi connectivity index (χ3v) is 7.02. The third-order valence-electron chi connectivity index (χ3n) is 4.74. The molecule has 130 valence electrons. The molecule has 2 aromatic heterocycles. The van der Waals surface area contributed by atoms with Crippen LogP contribution in [0.2, 0.25) is 0 Å². The molecule has 0 bridgehead atoms. The van der Waals surface area contributed by atoms with E-state index in [2.05, 4.69) is 15.0 Å². The SMILES string of the molecule is Cc1cc2c(N3CCC(S(=O)(=O)c4ccccc4)CC3)nccn2n1. The number of sulfone groups is 1. The summed E-state index contributed by atoms with van der Waals surface area (Å²) in [4.78, 5) is 7.08. The highest BCUT2D eigenvalue weighted by molar-refractivity contribution is 7.92. The molecule has 1 saturated heterocycles. The fraction of sp³-hybridized carbons (Fsp3) is 0.333. The van der Waals surface area contributed by atoms with Crippen molar-refractivity contribution in [2.45, 2.75) is 29.9 Å². The van der Waals surface area contributed by atoms with E-state index in [4.69, 9.17) is 0 Å². The van der Waals surface area contributed by atoms with Gasteiger partial charge in [0, 0.05) is 25.5 Å². The van der Waals surface area contributed by atoms with Crippen LogP contribution < -0.4 is 4.90 Å². The first-order valence-electron chi connectivity index (χ1n) is 8.40. The molecule has 0 aliphatic carbocycles. The van der Waals surface area contributed by atoms with E-state index in [0.29, 0.717) is 30.8 Å². The van der Waals surface area contributed by atoms with Gasteiger partial charge in [0.15, 0.2) is 15.7 Å². The van der Waals surface area contributed by atoms with E-state index in [9.17, 15) is 8.42 Å². The van der Waals surface area contributed by atoms with Gasteiger partial charge in [0.25, 0.3) is 0 Å². The smallest absolute Gasteiger partial charge is 0.181 e. The molecule has 1 aliphatic rings. The highest BCUT2D eigenvalue weighted by Gasteiger charge is 2.32. The first kappa shape index (κ1) is 16.1. The highest BCUT2D eigenvalue weighted by Crippen LogP contribution is 2.28. The van der Waals surface area contributed by atoms with Gasteiger partial charge in [-0.2, -0.15) is 5.10 Å². The van der Waals surface area contributed by atoms with Crippen LogP contribution in [-0.4, -0.2) is 41.4 Å². The minimum absolute atomic E-state index is 0.336. The van der Waals surface area contributed by atoms with E-state index in [1.165, 1.54) is 0 Å². The van der Waals surface area contributed by atoms with Crippen LogP contribution in [0.5, 0.6) is 0 Å². The van der Waals surface area contributed by atoms with Crippen molar-refractivity contribution in [1.82, 2.24) is 14.6 Å². The summed E-state index contributed by atoms with van der Waals surface area (Å²) in [6.07, 6.45) is 4.78. The summed E-state index contributed by atoms with van der Waals surface area (Å²) in [5.41, 5.74) is 1.90. The highest BCUT2D eigenvalue weighted by atomic mass is 32.2. The van der Waals surface area contributed by atoms with Crippen molar-refractivity contribution in [2.24, 2.45) is 0 Å². The number of hydrogen-bond acceptors (Lipinski definition) is 5. The first-order valence-corrected chi connectivity index (χ1v) is 9.95. The van der Waals surface area contributed by atoms with Gasteiger partial charge < -0.3 is 4.90 Å². The standard InChI is InChI=1S/C18H20N4O2S/c1-14-13-17-18(19-9-12-22(17)20-14)21-10-7-16(8-11-21)25(23,24)15-5-3-2-4-6-15/h2-6,9,12-13,16H,7-8,10-11H2,1H3. The molecule has 25 heavy (non-hydrogen) atoms. The molecule has 0 unspecified atom stereocenters. The fourth-order valence-corrected chi connectivity index (χ4v) is 5.21. The summed E-state index contributed by atoms with van der Waals surface area (Å²) in [6.45, 7) is 3.30. The average Bonchev–Trinajstić information content (AvgIpc) is 3.02. The quantitative estimate of drug-likeness (QED) is 0.721. The Kier molecular flexibility index (Phi) is 3.95. The first-order chi connectivity index (χ1) is 12.1. The Morgan fingerprint density at radius 3 is 2.56 bits per heavy atom. The van der Waals surface area contributed by atoms with Crippen molar-refractivity contribution in [1.29, 1.82) is 0 Å². The van der Waals surface area contributed by atoms with Gasteiger partial charge in [-0.3, -0.25) is 0 Å². The maximum absolute atomic E-state index is 12.8. The summed E-state index contributed by atoms with van der Waals surface area (Å²) in [6, 6.07) is 10.7. The second-order valence-electron chi connectivity index (χ2n) is 6.41. The maximum Gasteiger partial charge on any atom is 0.181 e. The summed E-state index contributed by atoms with van der Waals surface area (Å²) >= 11 is 0. The van der Waals surface area contributed by atoms with Gasteiger partial charge in [-0.05, 0) is 38.0 Å². The molecular formula is C18H20N4O2S. The summed E-state index contributed by atoms with van der Waals surface area (Å²) in [5, 5.41) is 4.08. The molecule has 0 spiro atoms. The Morgan fingerprint density at radius 1 is 1.12 bits per heavy atom. The van der Waals surface area contributed by atoms with Crippen molar-refractivity contribution in [2.75, 3.05) is 18.0 Å².